The Morgan fingerprint density at radius 3 is 2.33 bits per heavy atom. The standard InChI is InChI=1S/C18H24N2O/c1-13-5-10-17(21-4)16(11-13)18(19)15-8-6-14(7-9-15)12-20(2)3/h5-11,18H,12,19H2,1-4H3. The molecule has 2 N–H and O–H groups in total. The zero-order valence-electron chi connectivity index (χ0n) is 13.3. The molecule has 1 unspecified atom stereocenters. The highest BCUT2D eigenvalue weighted by atomic mass is 16.5. The number of hydrogen-bond donors (Lipinski definition) is 1. The van der Waals surface area contributed by atoms with Crippen molar-refractivity contribution in [2.24, 2.45) is 5.73 Å². The first-order valence-electron chi connectivity index (χ1n) is 7.15. The van der Waals surface area contributed by atoms with Crippen LogP contribution < -0.4 is 10.5 Å². The van der Waals surface area contributed by atoms with E-state index in [2.05, 4.69) is 56.3 Å². The van der Waals surface area contributed by atoms with Crippen molar-refractivity contribution in [2.75, 3.05) is 21.2 Å². The smallest absolute Gasteiger partial charge is 0.123 e. The average Bonchev–Trinajstić information content (AvgIpc) is 2.46. The summed E-state index contributed by atoms with van der Waals surface area (Å²) in [5.74, 6) is 0.838. The van der Waals surface area contributed by atoms with E-state index in [9.17, 15) is 0 Å². The van der Waals surface area contributed by atoms with Crippen LogP contribution in [0.5, 0.6) is 5.75 Å². The van der Waals surface area contributed by atoms with Crippen LogP contribution in [0, 0.1) is 6.92 Å². The van der Waals surface area contributed by atoms with Crippen molar-refractivity contribution in [2.45, 2.75) is 19.5 Å². The van der Waals surface area contributed by atoms with E-state index in [0.717, 1.165) is 23.4 Å². The van der Waals surface area contributed by atoms with Crippen LogP contribution in [0.15, 0.2) is 42.5 Å². The molecule has 2 aromatic rings. The van der Waals surface area contributed by atoms with Crippen molar-refractivity contribution in [3.63, 3.8) is 0 Å². The first kappa shape index (κ1) is 15.5. The quantitative estimate of drug-likeness (QED) is 0.917. The van der Waals surface area contributed by atoms with E-state index in [4.69, 9.17) is 10.5 Å². The van der Waals surface area contributed by atoms with Gasteiger partial charge in [-0.25, -0.2) is 0 Å². The van der Waals surface area contributed by atoms with E-state index >= 15 is 0 Å². The highest BCUT2D eigenvalue weighted by Crippen LogP contribution is 2.29. The molecule has 2 aromatic carbocycles. The van der Waals surface area contributed by atoms with Crippen LogP contribution in [-0.4, -0.2) is 26.1 Å². The maximum Gasteiger partial charge on any atom is 0.123 e. The van der Waals surface area contributed by atoms with Crippen LogP contribution in [0.2, 0.25) is 0 Å². The molecule has 0 fully saturated rings. The molecule has 0 amide bonds. The predicted octanol–water partition coefficient (Wildman–Crippen LogP) is 3.11. The fourth-order valence-corrected chi connectivity index (χ4v) is 2.47. The number of nitrogens with two attached hydrogens (primary N) is 1. The number of benzene rings is 2. The van der Waals surface area contributed by atoms with Crippen LogP contribution in [-0.2, 0) is 6.54 Å². The summed E-state index contributed by atoms with van der Waals surface area (Å²) in [7, 11) is 5.82. The second kappa shape index (κ2) is 6.74. The van der Waals surface area contributed by atoms with E-state index < -0.39 is 0 Å². The third kappa shape index (κ3) is 3.84. The van der Waals surface area contributed by atoms with Gasteiger partial charge in [0.15, 0.2) is 0 Å². The summed E-state index contributed by atoms with van der Waals surface area (Å²) in [5.41, 5.74) is 11.0. The van der Waals surface area contributed by atoms with Gasteiger partial charge in [-0.2, -0.15) is 0 Å². The topological polar surface area (TPSA) is 38.5 Å². The van der Waals surface area contributed by atoms with Crippen molar-refractivity contribution < 1.29 is 4.74 Å². The minimum absolute atomic E-state index is 0.173. The normalized spacial score (nSPS) is 12.5. The molecule has 0 heterocycles. The van der Waals surface area contributed by atoms with Gasteiger partial charge in [-0.05, 0) is 38.2 Å². The molecular formula is C18H24N2O. The molecule has 3 nitrogen and oxygen atoms in total. The van der Waals surface area contributed by atoms with Crippen LogP contribution in [0.25, 0.3) is 0 Å². The van der Waals surface area contributed by atoms with Gasteiger partial charge in [0, 0.05) is 12.1 Å². The van der Waals surface area contributed by atoms with Gasteiger partial charge >= 0.3 is 0 Å². The van der Waals surface area contributed by atoms with Crippen LogP contribution in [0.3, 0.4) is 0 Å². The van der Waals surface area contributed by atoms with Crippen LogP contribution in [0.4, 0.5) is 0 Å². The predicted molar refractivity (Wildman–Crippen MR) is 87.6 cm³/mol. The number of nitrogens with zero attached hydrogens (tertiary/aromatic N) is 1. The second-order valence-corrected chi connectivity index (χ2v) is 5.70. The molecule has 0 saturated carbocycles. The molecular weight excluding hydrogens is 260 g/mol. The van der Waals surface area contributed by atoms with E-state index in [0.29, 0.717) is 0 Å². The highest BCUT2D eigenvalue weighted by Gasteiger charge is 2.14. The van der Waals surface area contributed by atoms with Gasteiger partial charge in [-0.1, -0.05) is 42.0 Å². The highest BCUT2D eigenvalue weighted by molar-refractivity contribution is 5.43. The molecule has 0 aliphatic heterocycles. The Labute approximate surface area is 127 Å². The second-order valence-electron chi connectivity index (χ2n) is 5.70. The molecule has 0 bridgehead atoms. The number of aryl methyl sites for hydroxylation is 1. The number of ether oxygens (including phenoxy) is 1. The zero-order chi connectivity index (χ0) is 15.4. The zero-order valence-corrected chi connectivity index (χ0v) is 13.3. The van der Waals surface area contributed by atoms with Gasteiger partial charge in [0.1, 0.15) is 5.75 Å². The van der Waals surface area contributed by atoms with Crippen LogP contribution >= 0.6 is 0 Å². The van der Waals surface area contributed by atoms with E-state index in [1.807, 2.05) is 12.1 Å². The van der Waals surface area contributed by atoms with E-state index in [1.54, 1.807) is 7.11 Å². The molecule has 0 radical (unpaired) electrons. The van der Waals surface area contributed by atoms with Gasteiger partial charge in [0.25, 0.3) is 0 Å². The third-order valence-corrected chi connectivity index (χ3v) is 3.56. The monoisotopic (exact) mass is 284 g/mol. The maximum absolute atomic E-state index is 6.42. The number of hydrogen-bond acceptors (Lipinski definition) is 3. The SMILES string of the molecule is COc1ccc(C)cc1C(N)c1ccc(CN(C)C)cc1. The minimum Gasteiger partial charge on any atom is -0.496 e. The Kier molecular flexibility index (Phi) is 4.99. The summed E-state index contributed by atoms with van der Waals surface area (Å²) < 4.78 is 5.43. The lowest BCUT2D eigenvalue weighted by Gasteiger charge is -2.18. The summed E-state index contributed by atoms with van der Waals surface area (Å²) in [6.07, 6.45) is 0. The Hall–Kier alpha value is -1.84. The molecule has 0 saturated heterocycles. The van der Waals surface area contributed by atoms with Crippen molar-refractivity contribution in [3.05, 3.63) is 64.7 Å². The van der Waals surface area contributed by atoms with E-state index in [1.165, 1.54) is 11.1 Å². The largest absolute Gasteiger partial charge is 0.496 e. The summed E-state index contributed by atoms with van der Waals surface area (Å²) in [6, 6.07) is 14.4. The Balaban J connectivity index is 2.27. The average molecular weight is 284 g/mol. The molecule has 3 heteroatoms. The summed E-state index contributed by atoms with van der Waals surface area (Å²) in [5, 5.41) is 0. The Morgan fingerprint density at radius 1 is 1.10 bits per heavy atom. The van der Waals surface area contributed by atoms with Crippen molar-refractivity contribution in [1.29, 1.82) is 0 Å². The molecule has 0 aromatic heterocycles. The molecule has 0 aliphatic rings. The minimum atomic E-state index is -0.173. The molecule has 21 heavy (non-hydrogen) atoms. The van der Waals surface area contributed by atoms with Crippen molar-refractivity contribution >= 4 is 0 Å². The fourth-order valence-electron chi connectivity index (χ4n) is 2.47. The van der Waals surface area contributed by atoms with Crippen molar-refractivity contribution in [3.8, 4) is 5.75 Å². The van der Waals surface area contributed by atoms with Crippen LogP contribution in [0.1, 0.15) is 28.3 Å². The number of rotatable bonds is 5. The maximum atomic E-state index is 6.42. The van der Waals surface area contributed by atoms with Crippen molar-refractivity contribution in [1.82, 2.24) is 4.90 Å². The molecule has 112 valence electrons. The summed E-state index contributed by atoms with van der Waals surface area (Å²) in [6.45, 7) is 3.00. The molecule has 2 rings (SSSR count). The van der Waals surface area contributed by atoms with E-state index in [-0.39, 0.29) is 6.04 Å². The fraction of sp³-hybridized carbons (Fsp3) is 0.333. The molecule has 0 aliphatic carbocycles. The lowest BCUT2D eigenvalue weighted by molar-refractivity contribution is 0.402. The van der Waals surface area contributed by atoms with Gasteiger partial charge in [-0.3, -0.25) is 0 Å². The first-order chi connectivity index (χ1) is 10.0. The van der Waals surface area contributed by atoms with Gasteiger partial charge < -0.3 is 15.4 Å². The molecule has 0 spiro atoms. The summed E-state index contributed by atoms with van der Waals surface area (Å²) in [4.78, 5) is 2.15. The van der Waals surface area contributed by atoms with Gasteiger partial charge in [-0.15, -0.1) is 0 Å². The third-order valence-electron chi connectivity index (χ3n) is 3.56. The summed E-state index contributed by atoms with van der Waals surface area (Å²) >= 11 is 0. The number of methoxy groups -OCH3 is 1. The lowest BCUT2D eigenvalue weighted by Crippen LogP contribution is -2.14. The lowest BCUT2D eigenvalue weighted by atomic mass is 9.96. The Bertz CT molecular complexity index is 591. The first-order valence-corrected chi connectivity index (χ1v) is 7.15. The Morgan fingerprint density at radius 2 is 1.76 bits per heavy atom. The van der Waals surface area contributed by atoms with Gasteiger partial charge in [0.05, 0.1) is 13.2 Å². The molecule has 1 atom stereocenters. The van der Waals surface area contributed by atoms with Gasteiger partial charge in [0.2, 0.25) is 0 Å².